The van der Waals surface area contributed by atoms with E-state index in [1.54, 1.807) is 6.92 Å². The number of aryl methyl sites for hydroxylation is 1. The Morgan fingerprint density at radius 3 is 2.57 bits per heavy atom. The first-order valence-electron chi connectivity index (χ1n) is 9.42. The van der Waals surface area contributed by atoms with Crippen molar-refractivity contribution in [2.75, 3.05) is 6.54 Å². The van der Waals surface area contributed by atoms with Crippen LogP contribution in [0.25, 0.3) is 0 Å². The van der Waals surface area contributed by atoms with Gasteiger partial charge in [-0.05, 0) is 24.6 Å². The van der Waals surface area contributed by atoms with Crippen LogP contribution in [0.2, 0.25) is 0 Å². The number of nitrogens with zero attached hydrogens (tertiary/aromatic N) is 3. The maximum absolute atomic E-state index is 13.9. The van der Waals surface area contributed by atoms with E-state index in [9.17, 15) is 23.1 Å². The van der Waals surface area contributed by atoms with E-state index in [0.29, 0.717) is 23.6 Å². The summed E-state index contributed by atoms with van der Waals surface area (Å²) in [5.74, 6) is -0.774. The maximum Gasteiger partial charge on any atom is 0.424 e. The molecule has 0 saturated carbocycles. The number of rotatable bonds is 4. The van der Waals surface area contributed by atoms with E-state index in [2.05, 4.69) is 4.98 Å². The second kappa shape index (κ2) is 7.55. The molecule has 1 aliphatic heterocycles. The van der Waals surface area contributed by atoms with Gasteiger partial charge in [-0.1, -0.05) is 30.3 Å². The fourth-order valence-electron chi connectivity index (χ4n) is 3.80. The van der Waals surface area contributed by atoms with Gasteiger partial charge in [0.2, 0.25) is 11.5 Å². The summed E-state index contributed by atoms with van der Waals surface area (Å²) in [6, 6.07) is 12.3. The molecule has 158 valence electrons. The first-order chi connectivity index (χ1) is 14.2. The number of hydrogen-bond acceptors (Lipinski definition) is 4. The summed E-state index contributed by atoms with van der Waals surface area (Å²) in [6.07, 6.45) is -4.27. The second-order valence-electron chi connectivity index (χ2n) is 7.36. The van der Waals surface area contributed by atoms with E-state index in [1.165, 1.54) is 10.3 Å². The average Bonchev–Trinajstić information content (AvgIpc) is 3.35. The molecule has 3 heterocycles. The molecule has 30 heavy (non-hydrogen) atoms. The minimum absolute atomic E-state index is 0.241. The first kappa shape index (κ1) is 20.6. The van der Waals surface area contributed by atoms with Gasteiger partial charge in [-0.3, -0.25) is 4.79 Å². The van der Waals surface area contributed by atoms with Gasteiger partial charge in [0.05, 0.1) is 12.5 Å². The predicted octanol–water partition coefficient (Wildman–Crippen LogP) is 4.02. The van der Waals surface area contributed by atoms with Crippen LogP contribution in [0.5, 0.6) is 0 Å². The molecular weight excluding hydrogens is 415 g/mol. The number of carbonyl (C=O) groups is 1. The summed E-state index contributed by atoms with van der Waals surface area (Å²) in [5, 5.41) is 11.5. The van der Waals surface area contributed by atoms with Crippen molar-refractivity contribution in [3.05, 3.63) is 76.0 Å². The van der Waals surface area contributed by atoms with Gasteiger partial charge in [0, 0.05) is 36.1 Å². The molecule has 4 rings (SSSR count). The van der Waals surface area contributed by atoms with Crippen molar-refractivity contribution in [2.24, 2.45) is 0 Å². The van der Waals surface area contributed by atoms with Crippen LogP contribution in [0, 0.1) is 6.92 Å². The second-order valence-corrected chi connectivity index (χ2v) is 8.21. The van der Waals surface area contributed by atoms with Gasteiger partial charge < -0.3 is 14.6 Å². The number of amides is 1. The normalized spacial score (nSPS) is 18.7. The van der Waals surface area contributed by atoms with E-state index in [1.807, 2.05) is 53.2 Å². The summed E-state index contributed by atoms with van der Waals surface area (Å²) in [6.45, 7) is 2.26. The van der Waals surface area contributed by atoms with Gasteiger partial charge in [-0.25, -0.2) is 4.98 Å². The summed E-state index contributed by atoms with van der Waals surface area (Å²) in [4.78, 5) is 18.4. The molecule has 1 aromatic carbocycles. The highest BCUT2D eigenvalue weighted by atomic mass is 32.1. The number of fused-ring (bicyclic) bond motifs is 1. The number of benzene rings is 1. The molecule has 1 N–H and O–H groups in total. The SMILES string of the molecule is Cc1csc([C@](O)(CC(=O)N2CCn3cccc3[C@@H]2c2ccccc2)C(F)(F)F)n1. The quantitative estimate of drug-likeness (QED) is 0.673. The third-order valence-corrected chi connectivity index (χ3v) is 6.43. The molecule has 0 fully saturated rings. The lowest BCUT2D eigenvalue weighted by molar-refractivity contribution is -0.268. The lowest BCUT2D eigenvalue weighted by atomic mass is 9.95. The number of thiazole rings is 1. The Morgan fingerprint density at radius 1 is 1.20 bits per heavy atom. The molecule has 0 unspecified atom stereocenters. The highest BCUT2D eigenvalue weighted by Gasteiger charge is 2.58. The van der Waals surface area contributed by atoms with E-state index >= 15 is 0 Å². The molecule has 0 aliphatic carbocycles. The minimum atomic E-state index is -5.04. The van der Waals surface area contributed by atoms with Crippen LogP contribution in [0.15, 0.2) is 54.0 Å². The zero-order valence-corrected chi connectivity index (χ0v) is 17.0. The van der Waals surface area contributed by atoms with Crippen molar-refractivity contribution in [1.82, 2.24) is 14.5 Å². The molecule has 0 radical (unpaired) electrons. The Labute approximate surface area is 175 Å². The minimum Gasteiger partial charge on any atom is -0.374 e. The van der Waals surface area contributed by atoms with Crippen LogP contribution in [-0.4, -0.2) is 38.2 Å². The molecule has 2 atom stereocenters. The van der Waals surface area contributed by atoms with Crippen molar-refractivity contribution in [2.45, 2.75) is 37.7 Å². The largest absolute Gasteiger partial charge is 0.424 e. The molecule has 2 aromatic heterocycles. The number of alkyl halides is 3. The van der Waals surface area contributed by atoms with Gasteiger partial charge in [0.1, 0.15) is 5.01 Å². The Morgan fingerprint density at radius 2 is 1.93 bits per heavy atom. The lowest BCUT2D eigenvalue weighted by Gasteiger charge is -2.39. The number of halogens is 3. The summed E-state index contributed by atoms with van der Waals surface area (Å²) >= 11 is 0.703. The third kappa shape index (κ3) is 3.52. The van der Waals surface area contributed by atoms with Gasteiger partial charge >= 0.3 is 6.18 Å². The predicted molar refractivity (Wildman–Crippen MR) is 106 cm³/mol. The fraction of sp³-hybridized carbons (Fsp3) is 0.333. The molecule has 9 heteroatoms. The lowest BCUT2D eigenvalue weighted by Crippen LogP contribution is -2.49. The third-order valence-electron chi connectivity index (χ3n) is 5.32. The molecular formula is C21H20F3N3O2S. The van der Waals surface area contributed by atoms with Crippen LogP contribution >= 0.6 is 11.3 Å². The van der Waals surface area contributed by atoms with Crippen LogP contribution in [0.4, 0.5) is 13.2 Å². The molecule has 1 aliphatic rings. The van der Waals surface area contributed by atoms with E-state index in [-0.39, 0.29) is 6.54 Å². The fourth-order valence-corrected chi connectivity index (χ4v) is 4.71. The summed E-state index contributed by atoms with van der Waals surface area (Å²) in [5.41, 5.74) is -1.35. The van der Waals surface area contributed by atoms with Crippen LogP contribution in [0.1, 0.15) is 34.4 Å². The van der Waals surface area contributed by atoms with Crippen molar-refractivity contribution >= 4 is 17.2 Å². The molecule has 0 spiro atoms. The van der Waals surface area contributed by atoms with Crippen molar-refractivity contribution < 1.29 is 23.1 Å². The first-order valence-corrected chi connectivity index (χ1v) is 10.3. The Balaban J connectivity index is 1.70. The summed E-state index contributed by atoms with van der Waals surface area (Å²) in [7, 11) is 0. The topological polar surface area (TPSA) is 58.4 Å². The number of aliphatic hydroxyl groups is 1. The van der Waals surface area contributed by atoms with Gasteiger partial charge in [0.15, 0.2) is 0 Å². The van der Waals surface area contributed by atoms with Gasteiger partial charge in [0.25, 0.3) is 0 Å². The molecule has 0 bridgehead atoms. The van der Waals surface area contributed by atoms with Crippen molar-refractivity contribution in [1.29, 1.82) is 0 Å². The van der Waals surface area contributed by atoms with Gasteiger partial charge in [-0.15, -0.1) is 11.3 Å². The zero-order chi connectivity index (χ0) is 21.5. The molecule has 0 saturated heterocycles. The van der Waals surface area contributed by atoms with Gasteiger partial charge in [-0.2, -0.15) is 13.2 Å². The van der Waals surface area contributed by atoms with E-state index in [0.717, 1.165) is 11.3 Å². The van der Waals surface area contributed by atoms with Crippen molar-refractivity contribution in [3.8, 4) is 0 Å². The van der Waals surface area contributed by atoms with Crippen LogP contribution < -0.4 is 0 Å². The maximum atomic E-state index is 13.9. The van der Waals surface area contributed by atoms with Crippen molar-refractivity contribution in [3.63, 3.8) is 0 Å². The Kier molecular flexibility index (Phi) is 5.19. The molecule has 5 nitrogen and oxygen atoms in total. The number of carbonyl (C=O) groups excluding carboxylic acids is 1. The monoisotopic (exact) mass is 435 g/mol. The number of hydrogen-bond donors (Lipinski definition) is 1. The highest BCUT2D eigenvalue weighted by molar-refractivity contribution is 7.09. The van der Waals surface area contributed by atoms with E-state index < -0.39 is 35.2 Å². The van der Waals surface area contributed by atoms with Crippen LogP contribution in [-0.2, 0) is 16.9 Å². The Bertz CT molecular complexity index is 1050. The average molecular weight is 435 g/mol. The molecule has 1 amide bonds. The zero-order valence-electron chi connectivity index (χ0n) is 16.1. The smallest absolute Gasteiger partial charge is 0.374 e. The van der Waals surface area contributed by atoms with E-state index in [4.69, 9.17) is 0 Å². The van der Waals surface area contributed by atoms with Crippen LogP contribution in [0.3, 0.4) is 0 Å². The Hall–Kier alpha value is -2.65. The summed E-state index contributed by atoms with van der Waals surface area (Å²) < 4.78 is 43.6. The standard InChI is InChI=1S/C21H20F3N3O2S/c1-14-13-30-19(25-14)20(29,21(22,23)24)12-17(28)27-11-10-26-9-5-8-16(26)18(27)15-6-3-2-4-7-15/h2-9,13,18,29H,10-12H2,1H3/t18-,20+/m0/s1. The highest BCUT2D eigenvalue weighted by Crippen LogP contribution is 2.44. The molecule has 3 aromatic rings. The number of aromatic nitrogens is 2.